The van der Waals surface area contributed by atoms with Crippen LogP contribution in [0.4, 0.5) is 0 Å². The van der Waals surface area contributed by atoms with Crippen molar-refractivity contribution in [3.63, 3.8) is 0 Å². The largest absolute Gasteiger partial charge is 0.348 e. The van der Waals surface area contributed by atoms with Crippen molar-refractivity contribution >= 4 is 15.9 Å². The van der Waals surface area contributed by atoms with Gasteiger partial charge in [0.15, 0.2) is 0 Å². The van der Waals surface area contributed by atoms with E-state index in [1.807, 2.05) is 39.8 Å². The molecular formula is C21H28N2O3S. The van der Waals surface area contributed by atoms with Crippen LogP contribution in [0.25, 0.3) is 0 Å². The molecule has 1 unspecified atom stereocenters. The Morgan fingerprint density at radius 1 is 1.04 bits per heavy atom. The van der Waals surface area contributed by atoms with Gasteiger partial charge >= 0.3 is 0 Å². The Balaban J connectivity index is 2.02. The summed E-state index contributed by atoms with van der Waals surface area (Å²) in [5, 5.41) is 0. The van der Waals surface area contributed by atoms with E-state index in [9.17, 15) is 13.2 Å². The molecule has 1 aliphatic heterocycles. The van der Waals surface area contributed by atoms with E-state index in [-0.39, 0.29) is 5.91 Å². The van der Waals surface area contributed by atoms with Crippen LogP contribution in [0, 0.1) is 12.3 Å². The van der Waals surface area contributed by atoms with Crippen LogP contribution in [0.5, 0.6) is 0 Å². The van der Waals surface area contributed by atoms with Crippen LogP contribution in [0.15, 0.2) is 51.5 Å². The number of fused-ring (bicyclic) bond motifs is 1. The Labute approximate surface area is 162 Å². The summed E-state index contributed by atoms with van der Waals surface area (Å²) in [4.78, 5) is 14.8. The minimum absolute atomic E-state index is 0.0609. The molecule has 1 heterocycles. The standard InChI is InChI=1S/C21H28N2O3S/c1-14-7-9-17(10-8-14)27(25,26)23-12-18-15(2)11-21(4,20(24)22(5)6)16(3)19(18)13-23/h7-10H,11-13H2,1-6H3. The van der Waals surface area contributed by atoms with Crippen molar-refractivity contribution in [1.29, 1.82) is 0 Å². The maximum absolute atomic E-state index is 13.1. The highest BCUT2D eigenvalue weighted by Crippen LogP contribution is 2.47. The summed E-state index contributed by atoms with van der Waals surface area (Å²) in [6.07, 6.45) is 0.632. The van der Waals surface area contributed by atoms with Crippen LogP contribution in [-0.4, -0.2) is 50.7 Å². The van der Waals surface area contributed by atoms with Gasteiger partial charge < -0.3 is 4.90 Å². The average molecular weight is 389 g/mol. The van der Waals surface area contributed by atoms with E-state index >= 15 is 0 Å². The van der Waals surface area contributed by atoms with Crippen molar-refractivity contribution < 1.29 is 13.2 Å². The molecule has 1 saturated heterocycles. The first-order chi connectivity index (χ1) is 12.5. The molecule has 1 fully saturated rings. The van der Waals surface area contributed by atoms with Crippen molar-refractivity contribution in [2.24, 2.45) is 5.41 Å². The lowest BCUT2D eigenvalue weighted by atomic mass is 9.69. The molecule has 27 heavy (non-hydrogen) atoms. The van der Waals surface area contributed by atoms with Gasteiger partial charge in [-0.05, 0) is 57.4 Å². The second-order valence-electron chi connectivity index (χ2n) is 8.16. The molecule has 0 spiro atoms. The molecule has 6 heteroatoms. The highest BCUT2D eigenvalue weighted by Gasteiger charge is 2.45. The number of rotatable bonds is 3. The van der Waals surface area contributed by atoms with Gasteiger partial charge in [-0.3, -0.25) is 4.79 Å². The summed E-state index contributed by atoms with van der Waals surface area (Å²) < 4.78 is 27.8. The lowest BCUT2D eigenvalue weighted by Gasteiger charge is -2.37. The van der Waals surface area contributed by atoms with E-state index in [0.717, 1.165) is 27.9 Å². The monoisotopic (exact) mass is 388 g/mol. The molecule has 0 radical (unpaired) electrons. The molecule has 5 nitrogen and oxygen atoms in total. The quantitative estimate of drug-likeness (QED) is 0.799. The number of nitrogens with zero attached hydrogens (tertiary/aromatic N) is 2. The van der Waals surface area contributed by atoms with Gasteiger partial charge in [0, 0.05) is 27.2 Å². The zero-order valence-corrected chi connectivity index (χ0v) is 17.8. The maximum atomic E-state index is 13.1. The molecular weight excluding hydrogens is 360 g/mol. The average Bonchev–Trinajstić information content (AvgIpc) is 3.06. The molecule has 1 aromatic carbocycles. The fraction of sp³-hybridized carbons (Fsp3) is 0.476. The normalized spacial score (nSPS) is 23.6. The van der Waals surface area contributed by atoms with Gasteiger partial charge in [-0.2, -0.15) is 4.31 Å². The summed E-state index contributed by atoms with van der Waals surface area (Å²) in [6.45, 7) is 8.60. The first-order valence-electron chi connectivity index (χ1n) is 9.16. The van der Waals surface area contributed by atoms with Gasteiger partial charge in [0.1, 0.15) is 0 Å². The number of carbonyl (C=O) groups is 1. The van der Waals surface area contributed by atoms with Gasteiger partial charge in [0.2, 0.25) is 15.9 Å². The molecule has 3 rings (SSSR count). The first kappa shape index (κ1) is 19.8. The second-order valence-corrected chi connectivity index (χ2v) is 10.1. The molecule has 0 N–H and O–H groups in total. The molecule has 2 aliphatic rings. The van der Waals surface area contributed by atoms with E-state index in [2.05, 4.69) is 0 Å². The molecule has 1 aliphatic carbocycles. The highest BCUT2D eigenvalue weighted by atomic mass is 32.2. The van der Waals surface area contributed by atoms with E-state index in [0.29, 0.717) is 24.4 Å². The van der Waals surface area contributed by atoms with Crippen LogP contribution < -0.4 is 0 Å². The fourth-order valence-electron chi connectivity index (χ4n) is 4.20. The summed E-state index contributed by atoms with van der Waals surface area (Å²) in [6, 6.07) is 6.96. The Morgan fingerprint density at radius 3 is 2.15 bits per heavy atom. The number of sulfonamides is 1. The second kappa shape index (κ2) is 6.60. The lowest BCUT2D eigenvalue weighted by Crippen LogP contribution is -2.41. The smallest absolute Gasteiger partial charge is 0.243 e. The molecule has 1 atom stereocenters. The summed E-state index contributed by atoms with van der Waals surface area (Å²) in [5.74, 6) is 0.0609. The van der Waals surface area contributed by atoms with Crippen molar-refractivity contribution in [2.45, 2.75) is 39.0 Å². The van der Waals surface area contributed by atoms with Gasteiger partial charge in [-0.15, -0.1) is 0 Å². The van der Waals surface area contributed by atoms with Crippen LogP contribution in [0.1, 0.15) is 32.8 Å². The van der Waals surface area contributed by atoms with E-state index in [1.54, 1.807) is 31.1 Å². The number of amides is 1. The van der Waals surface area contributed by atoms with Crippen molar-refractivity contribution in [3.8, 4) is 0 Å². The zero-order chi connectivity index (χ0) is 20.1. The third-order valence-electron chi connectivity index (χ3n) is 5.98. The Hall–Kier alpha value is -1.92. The van der Waals surface area contributed by atoms with Gasteiger partial charge in [-0.25, -0.2) is 8.42 Å². The predicted molar refractivity (Wildman–Crippen MR) is 107 cm³/mol. The van der Waals surface area contributed by atoms with Crippen molar-refractivity contribution in [2.75, 3.05) is 27.2 Å². The maximum Gasteiger partial charge on any atom is 0.243 e. The van der Waals surface area contributed by atoms with Crippen molar-refractivity contribution in [3.05, 3.63) is 52.1 Å². The van der Waals surface area contributed by atoms with E-state index in [4.69, 9.17) is 0 Å². The molecule has 146 valence electrons. The topological polar surface area (TPSA) is 57.7 Å². The Bertz CT molecular complexity index is 956. The Kier molecular flexibility index (Phi) is 4.85. The van der Waals surface area contributed by atoms with E-state index < -0.39 is 15.4 Å². The Morgan fingerprint density at radius 2 is 1.59 bits per heavy atom. The van der Waals surface area contributed by atoms with Crippen LogP contribution in [0.3, 0.4) is 0 Å². The van der Waals surface area contributed by atoms with Crippen LogP contribution in [-0.2, 0) is 14.8 Å². The number of benzene rings is 1. The minimum Gasteiger partial charge on any atom is -0.348 e. The van der Waals surface area contributed by atoms with Crippen LogP contribution >= 0.6 is 0 Å². The van der Waals surface area contributed by atoms with Gasteiger partial charge in [-0.1, -0.05) is 28.8 Å². The third-order valence-corrected chi connectivity index (χ3v) is 7.79. The highest BCUT2D eigenvalue weighted by molar-refractivity contribution is 7.89. The number of allylic oxidation sites excluding steroid dienone is 1. The van der Waals surface area contributed by atoms with Crippen LogP contribution in [0.2, 0.25) is 0 Å². The third kappa shape index (κ3) is 3.15. The molecule has 0 saturated carbocycles. The number of hydrogen-bond acceptors (Lipinski definition) is 3. The molecule has 0 bridgehead atoms. The lowest BCUT2D eigenvalue weighted by molar-refractivity contribution is -0.136. The summed E-state index contributed by atoms with van der Waals surface area (Å²) in [7, 11) is -0.0312. The molecule has 0 aromatic heterocycles. The van der Waals surface area contributed by atoms with Gasteiger partial charge in [0.25, 0.3) is 0 Å². The molecule has 1 amide bonds. The van der Waals surface area contributed by atoms with Gasteiger partial charge in [0.05, 0.1) is 10.3 Å². The predicted octanol–water partition coefficient (Wildman–Crippen LogP) is 3.13. The zero-order valence-electron chi connectivity index (χ0n) is 17.0. The number of aryl methyl sites for hydroxylation is 1. The summed E-state index contributed by atoms with van der Waals surface area (Å²) >= 11 is 0. The minimum atomic E-state index is -3.56. The van der Waals surface area contributed by atoms with Crippen molar-refractivity contribution in [1.82, 2.24) is 9.21 Å². The van der Waals surface area contributed by atoms with E-state index in [1.165, 1.54) is 4.31 Å². The molecule has 1 aromatic rings. The SMILES string of the molecule is CC1=C2CN(S(=O)(=O)c3ccc(C)cc3)CC2=C(C)C(C)(C(=O)N(C)C)C1. The number of carbonyl (C=O) groups excluding carboxylic acids is 1. The fourth-order valence-corrected chi connectivity index (χ4v) is 5.57. The summed E-state index contributed by atoms with van der Waals surface area (Å²) in [5.41, 5.74) is 4.59. The first-order valence-corrected chi connectivity index (χ1v) is 10.6. The number of hydrogen-bond donors (Lipinski definition) is 0.